The minimum atomic E-state index is -0.354. The van der Waals surface area contributed by atoms with E-state index < -0.39 is 0 Å². The molecule has 0 amide bonds. The van der Waals surface area contributed by atoms with Crippen molar-refractivity contribution in [3.05, 3.63) is 143 Å². The Morgan fingerprint density at radius 3 is 1.74 bits per heavy atom. The zero-order valence-corrected chi connectivity index (χ0v) is 19.8. The maximum absolute atomic E-state index is 4.52. The highest BCUT2D eigenvalue weighted by Gasteiger charge is 2.47. The summed E-state index contributed by atoms with van der Waals surface area (Å²) in [6.07, 6.45) is 12.1. The Morgan fingerprint density at radius 1 is 0.839 bits per heavy atom. The van der Waals surface area contributed by atoms with Crippen LogP contribution >= 0.6 is 0 Å². The molecule has 0 nitrogen and oxygen atoms in total. The van der Waals surface area contributed by atoms with Crippen molar-refractivity contribution in [2.24, 2.45) is 0 Å². The molecule has 0 atom stereocenters. The molecule has 0 aromatic heterocycles. The molecule has 1 aliphatic carbocycles. The van der Waals surface area contributed by atoms with Crippen molar-refractivity contribution in [2.45, 2.75) is 46.5 Å². The number of hydrogen-bond acceptors (Lipinski definition) is 0. The average molecular weight is 409 g/mol. The van der Waals surface area contributed by atoms with Gasteiger partial charge in [0.25, 0.3) is 0 Å². The number of allylic oxidation sites excluding steroid dienone is 9. The quantitative estimate of drug-likeness (QED) is 0.434. The van der Waals surface area contributed by atoms with Gasteiger partial charge in [0.15, 0.2) is 0 Å². The van der Waals surface area contributed by atoms with Crippen molar-refractivity contribution in [2.75, 3.05) is 0 Å². The van der Waals surface area contributed by atoms with Crippen molar-refractivity contribution in [3.63, 3.8) is 0 Å². The summed E-state index contributed by atoms with van der Waals surface area (Å²) < 4.78 is 0. The van der Waals surface area contributed by atoms with Gasteiger partial charge >= 0.3 is 0 Å². The van der Waals surface area contributed by atoms with E-state index in [1.54, 1.807) is 0 Å². The average Bonchev–Trinajstić information content (AvgIpc) is 2.99. The monoisotopic (exact) mass is 408 g/mol. The molecule has 0 spiro atoms. The normalized spacial score (nSPS) is 16.9. The Hall–Kier alpha value is -3.12. The third kappa shape index (κ3) is 4.49. The molecule has 0 saturated heterocycles. The van der Waals surface area contributed by atoms with Crippen LogP contribution in [-0.2, 0) is 5.41 Å². The van der Waals surface area contributed by atoms with Crippen molar-refractivity contribution >= 4 is 0 Å². The summed E-state index contributed by atoms with van der Waals surface area (Å²) >= 11 is 0. The molecule has 1 aliphatic rings. The summed E-state index contributed by atoms with van der Waals surface area (Å²) in [5, 5.41) is 0. The Balaban J connectivity index is 0.00000166. The van der Waals surface area contributed by atoms with Crippen LogP contribution in [0.15, 0.2) is 121 Å². The summed E-state index contributed by atoms with van der Waals surface area (Å²) in [4.78, 5) is 0. The van der Waals surface area contributed by atoms with E-state index in [9.17, 15) is 0 Å². The molecule has 0 saturated carbocycles. The van der Waals surface area contributed by atoms with Crippen LogP contribution in [0.1, 0.15) is 49.4 Å². The second kappa shape index (κ2) is 10.8. The maximum atomic E-state index is 4.52. The molecule has 0 fully saturated rings. The van der Waals surface area contributed by atoms with Gasteiger partial charge < -0.3 is 0 Å². The highest BCUT2D eigenvalue weighted by molar-refractivity contribution is 5.75. The number of rotatable bonds is 5. The van der Waals surface area contributed by atoms with Crippen molar-refractivity contribution in [1.29, 1.82) is 0 Å². The first-order valence-corrected chi connectivity index (χ1v) is 11.0. The summed E-state index contributed by atoms with van der Waals surface area (Å²) in [7, 11) is 0. The third-order valence-corrected chi connectivity index (χ3v) is 5.93. The zero-order chi connectivity index (χ0) is 23.0. The van der Waals surface area contributed by atoms with E-state index in [0.29, 0.717) is 0 Å². The number of hydrogen-bond donors (Lipinski definition) is 0. The van der Waals surface area contributed by atoms with Gasteiger partial charge in [-0.1, -0.05) is 104 Å². The van der Waals surface area contributed by atoms with E-state index in [1.807, 2.05) is 0 Å². The van der Waals surface area contributed by atoms with Crippen LogP contribution in [0.2, 0.25) is 0 Å². The van der Waals surface area contributed by atoms with Crippen LogP contribution < -0.4 is 0 Å². The second-order valence-electron chi connectivity index (χ2n) is 7.92. The van der Waals surface area contributed by atoms with Gasteiger partial charge in [-0.05, 0) is 67.5 Å². The fraction of sp³-hybridized carbons (Fsp3) is 0.226. The van der Waals surface area contributed by atoms with Crippen LogP contribution in [0.25, 0.3) is 0 Å². The van der Waals surface area contributed by atoms with Crippen molar-refractivity contribution < 1.29 is 0 Å². The first-order valence-electron chi connectivity index (χ1n) is 11.0. The summed E-state index contributed by atoms with van der Waals surface area (Å²) in [6, 6.07) is 18.0. The Morgan fingerprint density at radius 2 is 1.32 bits per heavy atom. The van der Waals surface area contributed by atoms with Gasteiger partial charge in [-0.25, -0.2) is 0 Å². The molecule has 0 N–H and O–H groups in total. The third-order valence-electron chi connectivity index (χ3n) is 5.93. The lowest BCUT2D eigenvalue weighted by Crippen LogP contribution is -2.29. The molecule has 3 rings (SSSR count). The summed E-state index contributed by atoms with van der Waals surface area (Å²) in [6.45, 7) is 21.3. The molecule has 0 bridgehead atoms. The minimum absolute atomic E-state index is 0.354. The first kappa shape index (κ1) is 24.2. The highest BCUT2D eigenvalue weighted by atomic mass is 14.5. The predicted molar refractivity (Wildman–Crippen MR) is 139 cm³/mol. The van der Waals surface area contributed by atoms with Crippen LogP contribution in [0.3, 0.4) is 0 Å². The predicted octanol–water partition coefficient (Wildman–Crippen LogP) is 8.75. The lowest BCUT2D eigenvalue weighted by molar-refractivity contribution is 0.757. The van der Waals surface area contributed by atoms with Gasteiger partial charge in [-0.2, -0.15) is 0 Å². The SMILES string of the molecule is C=C.C=C1C(C)=C(/C=C\C)C(c2ccc(C)cc2)(c2ccc(C)cc2)/C1=C/C=C\CC. The molecule has 0 heteroatoms. The lowest BCUT2D eigenvalue weighted by Gasteiger charge is -2.35. The summed E-state index contributed by atoms with van der Waals surface area (Å²) in [5.74, 6) is 0. The van der Waals surface area contributed by atoms with Crippen molar-refractivity contribution in [1.82, 2.24) is 0 Å². The van der Waals surface area contributed by atoms with E-state index in [2.05, 4.69) is 133 Å². The van der Waals surface area contributed by atoms with Gasteiger partial charge in [0, 0.05) is 0 Å². The first-order chi connectivity index (χ1) is 15.0. The molecule has 0 unspecified atom stereocenters. The highest BCUT2D eigenvalue weighted by Crippen LogP contribution is 2.55. The van der Waals surface area contributed by atoms with Gasteiger partial charge in [0.05, 0.1) is 5.41 Å². The molecule has 0 radical (unpaired) electrons. The van der Waals surface area contributed by atoms with E-state index in [1.165, 1.54) is 39.0 Å². The van der Waals surface area contributed by atoms with Gasteiger partial charge in [0.2, 0.25) is 0 Å². The fourth-order valence-electron chi connectivity index (χ4n) is 4.36. The topological polar surface area (TPSA) is 0 Å². The summed E-state index contributed by atoms with van der Waals surface area (Å²) in [5.41, 5.74) is 9.73. The van der Waals surface area contributed by atoms with Gasteiger partial charge in [-0.15, -0.1) is 13.2 Å². The molecular weight excluding hydrogens is 372 g/mol. The Bertz CT molecular complexity index is 973. The van der Waals surface area contributed by atoms with E-state index >= 15 is 0 Å². The standard InChI is InChI=1S/C29H32.C2H4/c1-7-9-10-12-28-24(6)23(5)27(11-8-2)29(28,25-17-13-21(3)14-18-25)26-19-15-22(4)16-20-26;1-2/h8-20H,6-7H2,1-5H3;1-2H2/b10-9-,11-8-,28-12+;. The Kier molecular flexibility index (Phi) is 8.39. The molecule has 2 aromatic carbocycles. The molecule has 0 heterocycles. The molecule has 0 aliphatic heterocycles. The van der Waals surface area contributed by atoms with Gasteiger partial charge in [0.1, 0.15) is 0 Å². The zero-order valence-electron chi connectivity index (χ0n) is 19.8. The van der Waals surface area contributed by atoms with Crippen LogP contribution in [0.4, 0.5) is 0 Å². The lowest BCUT2D eigenvalue weighted by atomic mass is 9.66. The second-order valence-corrected chi connectivity index (χ2v) is 7.92. The molecule has 2 aromatic rings. The Labute approximate surface area is 189 Å². The van der Waals surface area contributed by atoms with E-state index in [0.717, 1.165) is 12.0 Å². The fourth-order valence-corrected chi connectivity index (χ4v) is 4.36. The number of aryl methyl sites for hydroxylation is 2. The molecule has 160 valence electrons. The van der Waals surface area contributed by atoms with E-state index in [-0.39, 0.29) is 5.41 Å². The van der Waals surface area contributed by atoms with Gasteiger partial charge in [-0.3, -0.25) is 0 Å². The minimum Gasteiger partial charge on any atom is -0.106 e. The molecule has 31 heavy (non-hydrogen) atoms. The van der Waals surface area contributed by atoms with Crippen LogP contribution in [0.5, 0.6) is 0 Å². The van der Waals surface area contributed by atoms with Crippen LogP contribution in [-0.4, -0.2) is 0 Å². The van der Waals surface area contributed by atoms with E-state index in [4.69, 9.17) is 0 Å². The largest absolute Gasteiger partial charge is 0.106 e. The van der Waals surface area contributed by atoms with Crippen LogP contribution in [0, 0.1) is 13.8 Å². The molecular formula is C31H36. The maximum Gasteiger partial charge on any atom is 0.0709 e. The van der Waals surface area contributed by atoms with Crippen molar-refractivity contribution in [3.8, 4) is 0 Å². The smallest absolute Gasteiger partial charge is 0.0709 e. The number of benzene rings is 2.